The largest absolute Gasteiger partial charge is 0.493 e. The van der Waals surface area contributed by atoms with Crippen molar-refractivity contribution in [3.05, 3.63) is 40.4 Å². The van der Waals surface area contributed by atoms with Crippen LogP contribution in [0.25, 0.3) is 10.6 Å². The van der Waals surface area contributed by atoms with Gasteiger partial charge in [-0.05, 0) is 24.6 Å². The Bertz CT molecular complexity index is 1050. The molecule has 0 radical (unpaired) electrons. The summed E-state index contributed by atoms with van der Waals surface area (Å²) in [5.74, 6) is 0.501. The van der Waals surface area contributed by atoms with E-state index in [9.17, 15) is 14.4 Å². The Morgan fingerprint density at radius 3 is 2.70 bits per heavy atom. The van der Waals surface area contributed by atoms with Gasteiger partial charge in [0.05, 0.1) is 56.9 Å². The van der Waals surface area contributed by atoms with Gasteiger partial charge in [0, 0.05) is 17.5 Å². The number of benzene rings is 1. The van der Waals surface area contributed by atoms with E-state index in [0.717, 1.165) is 10.6 Å². The van der Waals surface area contributed by atoms with E-state index in [1.165, 1.54) is 41.2 Å². The molecule has 0 N–H and O–H groups in total. The van der Waals surface area contributed by atoms with Gasteiger partial charge in [0.25, 0.3) is 0 Å². The molecule has 3 rings (SSSR count). The van der Waals surface area contributed by atoms with E-state index >= 15 is 0 Å². The maximum atomic E-state index is 12.2. The molecule has 11 heteroatoms. The van der Waals surface area contributed by atoms with E-state index in [4.69, 9.17) is 14.2 Å². The number of methoxy groups -OCH3 is 3. The molecule has 33 heavy (non-hydrogen) atoms. The molecule has 9 nitrogen and oxygen atoms in total. The van der Waals surface area contributed by atoms with E-state index in [1.807, 2.05) is 17.5 Å². The Labute approximate surface area is 199 Å². The van der Waals surface area contributed by atoms with Gasteiger partial charge in [-0.1, -0.05) is 11.8 Å². The molecule has 1 fully saturated rings. The molecule has 2 aromatic rings. The van der Waals surface area contributed by atoms with E-state index < -0.39 is 11.9 Å². The van der Waals surface area contributed by atoms with Crippen molar-refractivity contribution in [1.29, 1.82) is 0 Å². The highest BCUT2D eigenvalue weighted by atomic mass is 32.2. The minimum absolute atomic E-state index is 0.0514. The topological polar surface area (TPSA) is 104 Å². The molecule has 1 aliphatic heterocycles. The quantitative estimate of drug-likeness (QED) is 0.281. The van der Waals surface area contributed by atoms with Gasteiger partial charge >= 0.3 is 11.9 Å². The standard InChI is InChI=1S/C22H24N2O7S2/c1-28-16-6-5-14(9-17(16)29-2)22-23-15(12-33-22)10-21(27)31-8-4-7-24-18(25)13-32-19(24)11-20(26)30-3/h5-6,9,11-12H,4,7-8,10,13H2,1-3H3/b19-11+. The van der Waals surface area contributed by atoms with Gasteiger partial charge in [0.2, 0.25) is 5.91 Å². The van der Waals surface area contributed by atoms with Gasteiger partial charge in [0.1, 0.15) is 5.01 Å². The van der Waals surface area contributed by atoms with Crippen molar-refractivity contribution in [3.8, 4) is 22.1 Å². The zero-order chi connectivity index (χ0) is 23.8. The number of amides is 1. The molecule has 0 saturated carbocycles. The molecule has 0 spiro atoms. The number of carbonyl (C=O) groups excluding carboxylic acids is 3. The van der Waals surface area contributed by atoms with Crippen LogP contribution in [0.4, 0.5) is 0 Å². The summed E-state index contributed by atoms with van der Waals surface area (Å²) in [6, 6.07) is 5.52. The molecule has 0 atom stereocenters. The van der Waals surface area contributed by atoms with Crippen LogP contribution in [0.15, 0.2) is 34.7 Å². The van der Waals surface area contributed by atoms with Crippen LogP contribution in [0.2, 0.25) is 0 Å². The molecule has 1 amide bonds. The molecule has 176 valence electrons. The van der Waals surface area contributed by atoms with Crippen LogP contribution in [0.1, 0.15) is 12.1 Å². The van der Waals surface area contributed by atoms with Crippen LogP contribution in [0, 0.1) is 0 Å². The lowest BCUT2D eigenvalue weighted by Gasteiger charge is -2.16. The Morgan fingerprint density at radius 2 is 1.97 bits per heavy atom. The molecule has 0 unspecified atom stereocenters. The van der Waals surface area contributed by atoms with Crippen LogP contribution < -0.4 is 9.47 Å². The average molecular weight is 493 g/mol. The van der Waals surface area contributed by atoms with Crippen LogP contribution in [-0.4, -0.2) is 68.0 Å². The minimum Gasteiger partial charge on any atom is -0.493 e. The van der Waals surface area contributed by atoms with Crippen molar-refractivity contribution in [3.63, 3.8) is 0 Å². The second-order valence-corrected chi connectivity index (χ2v) is 8.66. The van der Waals surface area contributed by atoms with Crippen molar-refractivity contribution in [2.45, 2.75) is 12.8 Å². The van der Waals surface area contributed by atoms with Crippen LogP contribution in [0.3, 0.4) is 0 Å². The first-order valence-electron chi connectivity index (χ1n) is 10.0. The lowest BCUT2D eigenvalue weighted by atomic mass is 10.2. The second-order valence-electron chi connectivity index (χ2n) is 6.80. The fourth-order valence-electron chi connectivity index (χ4n) is 3.03. The van der Waals surface area contributed by atoms with Crippen molar-refractivity contribution in [2.75, 3.05) is 40.2 Å². The molecule has 1 aliphatic rings. The summed E-state index contributed by atoms with van der Waals surface area (Å²) >= 11 is 2.70. The summed E-state index contributed by atoms with van der Waals surface area (Å²) in [4.78, 5) is 41.6. The molecule has 2 heterocycles. The first-order chi connectivity index (χ1) is 15.9. The predicted octanol–water partition coefficient (Wildman–Crippen LogP) is 2.89. The number of aromatic nitrogens is 1. The van der Waals surface area contributed by atoms with E-state index in [-0.39, 0.29) is 24.7 Å². The summed E-state index contributed by atoms with van der Waals surface area (Å²) in [6.07, 6.45) is 1.79. The lowest BCUT2D eigenvalue weighted by Crippen LogP contribution is -2.27. The van der Waals surface area contributed by atoms with Gasteiger partial charge in [-0.3, -0.25) is 9.59 Å². The molecule has 0 bridgehead atoms. The fraction of sp³-hybridized carbons (Fsp3) is 0.364. The third-order valence-electron chi connectivity index (χ3n) is 4.65. The Morgan fingerprint density at radius 1 is 1.18 bits per heavy atom. The van der Waals surface area contributed by atoms with Gasteiger partial charge < -0.3 is 23.8 Å². The van der Waals surface area contributed by atoms with E-state index in [2.05, 4.69) is 9.72 Å². The van der Waals surface area contributed by atoms with Crippen LogP contribution >= 0.6 is 23.1 Å². The highest BCUT2D eigenvalue weighted by Crippen LogP contribution is 2.33. The third-order valence-corrected chi connectivity index (χ3v) is 6.62. The van der Waals surface area contributed by atoms with Gasteiger partial charge in [-0.2, -0.15) is 0 Å². The average Bonchev–Trinajstić information content (AvgIpc) is 3.42. The lowest BCUT2D eigenvalue weighted by molar-refractivity contribution is -0.143. The summed E-state index contributed by atoms with van der Waals surface area (Å²) < 4.78 is 20.5. The number of thiazole rings is 1. The Kier molecular flexibility index (Phi) is 8.72. The van der Waals surface area contributed by atoms with Crippen molar-refractivity contribution in [1.82, 2.24) is 9.88 Å². The molecular weight excluding hydrogens is 468 g/mol. The molecule has 1 saturated heterocycles. The van der Waals surface area contributed by atoms with Crippen LogP contribution in [-0.2, 0) is 30.3 Å². The Hall–Kier alpha value is -3.05. The number of ether oxygens (including phenoxy) is 4. The minimum atomic E-state index is -0.514. The van der Waals surface area contributed by atoms with Gasteiger partial charge in [-0.25, -0.2) is 9.78 Å². The van der Waals surface area contributed by atoms with E-state index in [0.29, 0.717) is 35.2 Å². The molecule has 0 aliphatic carbocycles. The fourth-order valence-corrected chi connectivity index (χ4v) is 4.80. The Balaban J connectivity index is 1.48. The number of hydrogen-bond acceptors (Lipinski definition) is 10. The second kappa shape index (κ2) is 11.7. The first-order valence-corrected chi connectivity index (χ1v) is 11.9. The first kappa shape index (κ1) is 24.6. The number of carbonyl (C=O) groups is 3. The van der Waals surface area contributed by atoms with Crippen LogP contribution in [0.5, 0.6) is 11.5 Å². The number of nitrogens with zero attached hydrogens (tertiary/aromatic N) is 2. The number of esters is 2. The third kappa shape index (κ3) is 6.48. The predicted molar refractivity (Wildman–Crippen MR) is 124 cm³/mol. The normalized spacial score (nSPS) is 14.5. The van der Waals surface area contributed by atoms with Crippen molar-refractivity contribution in [2.24, 2.45) is 0 Å². The SMILES string of the molecule is COC(=O)/C=C1/SCC(=O)N1CCCOC(=O)Cc1csc(-c2ccc(OC)c(OC)c2)n1. The molecule has 1 aromatic carbocycles. The van der Waals surface area contributed by atoms with E-state index in [1.54, 1.807) is 20.3 Å². The summed E-state index contributed by atoms with van der Waals surface area (Å²) in [5.41, 5.74) is 1.48. The highest BCUT2D eigenvalue weighted by molar-refractivity contribution is 8.04. The number of thioether (sulfide) groups is 1. The summed E-state index contributed by atoms with van der Waals surface area (Å²) in [6.45, 7) is 0.507. The van der Waals surface area contributed by atoms with Crippen molar-refractivity contribution >= 4 is 40.9 Å². The summed E-state index contributed by atoms with van der Waals surface area (Å²) in [7, 11) is 4.42. The molecular formula is C22H24N2O7S2. The number of hydrogen-bond donors (Lipinski definition) is 0. The smallest absolute Gasteiger partial charge is 0.333 e. The zero-order valence-electron chi connectivity index (χ0n) is 18.5. The van der Waals surface area contributed by atoms with Gasteiger partial charge in [0.15, 0.2) is 11.5 Å². The highest BCUT2D eigenvalue weighted by Gasteiger charge is 2.27. The van der Waals surface area contributed by atoms with Crippen molar-refractivity contribution < 1.29 is 33.3 Å². The molecule has 1 aromatic heterocycles. The maximum Gasteiger partial charge on any atom is 0.333 e. The van der Waals surface area contributed by atoms with Gasteiger partial charge in [-0.15, -0.1) is 11.3 Å². The summed E-state index contributed by atoms with van der Waals surface area (Å²) in [5, 5.41) is 3.12. The maximum absolute atomic E-state index is 12.2. The monoisotopic (exact) mass is 492 g/mol. The number of rotatable bonds is 10. The zero-order valence-corrected chi connectivity index (χ0v) is 20.1.